The maximum atomic E-state index is 11.1. The summed E-state index contributed by atoms with van der Waals surface area (Å²) in [5.74, 6) is -1.10. The van der Waals surface area contributed by atoms with Crippen LogP contribution in [0.15, 0.2) is 24.3 Å². The fourth-order valence-corrected chi connectivity index (χ4v) is 2.25. The predicted octanol–water partition coefficient (Wildman–Crippen LogP) is 3.47. The highest BCUT2D eigenvalue weighted by molar-refractivity contribution is 5.70. The molecule has 1 aromatic carbocycles. The summed E-state index contributed by atoms with van der Waals surface area (Å²) in [5.41, 5.74) is 2.25. The molecule has 118 valence electrons. The van der Waals surface area contributed by atoms with E-state index in [1.807, 2.05) is 14.1 Å². The van der Waals surface area contributed by atoms with Gasteiger partial charge in [-0.15, -0.1) is 0 Å². The molecule has 4 heteroatoms. The molecule has 0 aliphatic carbocycles. The number of benzene rings is 1. The number of hydrogen-bond donors (Lipinski definition) is 1. The van der Waals surface area contributed by atoms with Crippen LogP contribution >= 0.6 is 0 Å². The molecule has 4 nitrogen and oxygen atoms in total. The summed E-state index contributed by atoms with van der Waals surface area (Å²) in [6, 6.07) is 8.31. The third kappa shape index (κ3) is 5.66. The van der Waals surface area contributed by atoms with Crippen LogP contribution in [0.4, 0.5) is 11.4 Å². The van der Waals surface area contributed by atoms with E-state index in [1.54, 1.807) is 6.92 Å². The molecule has 0 saturated carbocycles. The Bertz CT molecular complexity index is 429. The number of aliphatic carboxylic acids is 1. The zero-order chi connectivity index (χ0) is 15.8. The molecule has 0 radical (unpaired) electrons. The van der Waals surface area contributed by atoms with Gasteiger partial charge >= 0.3 is 5.97 Å². The lowest BCUT2D eigenvalue weighted by Gasteiger charge is -2.27. The molecule has 1 rings (SSSR count). The highest BCUT2D eigenvalue weighted by Crippen LogP contribution is 2.21. The van der Waals surface area contributed by atoms with Crippen LogP contribution in [0.1, 0.15) is 33.1 Å². The second kappa shape index (κ2) is 8.55. The van der Waals surface area contributed by atoms with E-state index in [0.29, 0.717) is 6.54 Å². The number of anilines is 2. The van der Waals surface area contributed by atoms with Crippen LogP contribution in [-0.4, -0.2) is 38.3 Å². The van der Waals surface area contributed by atoms with Crippen molar-refractivity contribution in [3.63, 3.8) is 0 Å². The van der Waals surface area contributed by atoms with Crippen molar-refractivity contribution in [3.05, 3.63) is 24.3 Å². The summed E-state index contributed by atoms with van der Waals surface area (Å²) in [5, 5.41) is 9.13. The van der Waals surface area contributed by atoms with E-state index in [0.717, 1.165) is 24.3 Å². The van der Waals surface area contributed by atoms with Gasteiger partial charge in [-0.3, -0.25) is 4.79 Å². The maximum Gasteiger partial charge on any atom is 0.308 e. The summed E-state index contributed by atoms with van der Waals surface area (Å²) >= 11 is 0. The minimum Gasteiger partial charge on any atom is -0.481 e. The number of carbonyl (C=O) groups is 1. The second-order valence-corrected chi connectivity index (χ2v) is 5.80. The Morgan fingerprint density at radius 3 is 2.19 bits per heavy atom. The molecule has 21 heavy (non-hydrogen) atoms. The Labute approximate surface area is 128 Å². The number of carboxylic acid groups (broad SMARTS) is 1. The molecule has 0 aliphatic rings. The van der Waals surface area contributed by atoms with Crippen molar-refractivity contribution in [2.45, 2.75) is 33.1 Å². The molecular formula is C17H28N2O2. The third-order valence-electron chi connectivity index (χ3n) is 3.68. The van der Waals surface area contributed by atoms with E-state index in [-0.39, 0.29) is 5.92 Å². The van der Waals surface area contributed by atoms with Crippen molar-refractivity contribution in [2.75, 3.05) is 37.0 Å². The van der Waals surface area contributed by atoms with Gasteiger partial charge in [-0.05, 0) is 30.7 Å². The monoisotopic (exact) mass is 292 g/mol. The molecule has 1 aromatic rings. The normalized spacial score (nSPS) is 12.0. The van der Waals surface area contributed by atoms with Crippen molar-refractivity contribution in [1.82, 2.24) is 0 Å². The van der Waals surface area contributed by atoms with E-state index in [4.69, 9.17) is 5.11 Å². The van der Waals surface area contributed by atoms with E-state index < -0.39 is 5.97 Å². The van der Waals surface area contributed by atoms with Gasteiger partial charge in [0.15, 0.2) is 0 Å². The molecule has 0 heterocycles. The standard InChI is InChI=1S/C17H28N2O2/c1-5-6-7-12-19(13-14(2)17(20)21)16-10-8-15(9-11-16)18(3)4/h8-11,14H,5-7,12-13H2,1-4H3,(H,20,21). The first kappa shape index (κ1) is 17.3. The number of carboxylic acids is 1. The molecule has 0 amide bonds. The van der Waals surface area contributed by atoms with Crippen LogP contribution in [0, 0.1) is 5.92 Å². The van der Waals surface area contributed by atoms with Crippen LogP contribution in [0.5, 0.6) is 0 Å². The molecule has 0 aliphatic heterocycles. The van der Waals surface area contributed by atoms with Crippen molar-refractivity contribution >= 4 is 17.3 Å². The number of nitrogens with zero attached hydrogens (tertiary/aromatic N) is 2. The van der Waals surface area contributed by atoms with Crippen LogP contribution < -0.4 is 9.80 Å². The second-order valence-electron chi connectivity index (χ2n) is 5.80. The Balaban J connectivity index is 2.80. The molecule has 0 spiro atoms. The molecule has 0 aromatic heterocycles. The van der Waals surface area contributed by atoms with Gasteiger partial charge < -0.3 is 14.9 Å². The van der Waals surface area contributed by atoms with Gasteiger partial charge in [0.1, 0.15) is 0 Å². The first-order valence-electron chi connectivity index (χ1n) is 7.70. The Kier molecular flexibility index (Phi) is 7.06. The fourth-order valence-electron chi connectivity index (χ4n) is 2.25. The lowest BCUT2D eigenvalue weighted by Crippen LogP contribution is -2.32. The van der Waals surface area contributed by atoms with Crippen molar-refractivity contribution < 1.29 is 9.90 Å². The number of rotatable bonds is 9. The minimum atomic E-state index is -0.736. The van der Waals surface area contributed by atoms with Gasteiger partial charge in [0.05, 0.1) is 5.92 Å². The SMILES string of the molecule is CCCCCN(CC(C)C(=O)O)c1ccc(N(C)C)cc1. The van der Waals surface area contributed by atoms with E-state index in [2.05, 4.69) is 41.0 Å². The quantitative estimate of drug-likeness (QED) is 0.708. The van der Waals surface area contributed by atoms with Gasteiger partial charge in [-0.25, -0.2) is 0 Å². The molecule has 0 saturated heterocycles. The largest absolute Gasteiger partial charge is 0.481 e. The van der Waals surface area contributed by atoms with Crippen molar-refractivity contribution in [1.29, 1.82) is 0 Å². The summed E-state index contributed by atoms with van der Waals surface area (Å²) in [4.78, 5) is 15.4. The smallest absolute Gasteiger partial charge is 0.308 e. The summed E-state index contributed by atoms with van der Waals surface area (Å²) in [7, 11) is 4.03. The first-order valence-corrected chi connectivity index (χ1v) is 7.70. The topological polar surface area (TPSA) is 43.8 Å². The summed E-state index contributed by atoms with van der Waals surface area (Å²) in [6.07, 6.45) is 3.44. The molecular weight excluding hydrogens is 264 g/mol. The molecule has 1 atom stereocenters. The van der Waals surface area contributed by atoms with Crippen molar-refractivity contribution in [2.24, 2.45) is 5.92 Å². The van der Waals surface area contributed by atoms with Crippen molar-refractivity contribution in [3.8, 4) is 0 Å². The van der Waals surface area contributed by atoms with E-state index in [1.165, 1.54) is 12.8 Å². The lowest BCUT2D eigenvalue weighted by atomic mass is 10.1. The van der Waals surface area contributed by atoms with E-state index >= 15 is 0 Å². The number of hydrogen-bond acceptors (Lipinski definition) is 3. The van der Waals surface area contributed by atoms with Gasteiger partial charge in [0.2, 0.25) is 0 Å². The summed E-state index contributed by atoms with van der Waals surface area (Å²) < 4.78 is 0. The Morgan fingerprint density at radius 2 is 1.71 bits per heavy atom. The Hall–Kier alpha value is -1.71. The third-order valence-corrected chi connectivity index (χ3v) is 3.68. The van der Waals surface area contributed by atoms with Gasteiger partial charge in [0, 0.05) is 38.6 Å². The average Bonchev–Trinajstić information content (AvgIpc) is 2.46. The molecule has 0 fully saturated rings. The zero-order valence-corrected chi connectivity index (χ0v) is 13.7. The lowest BCUT2D eigenvalue weighted by molar-refractivity contribution is -0.140. The highest BCUT2D eigenvalue weighted by atomic mass is 16.4. The van der Waals surface area contributed by atoms with Crippen LogP contribution in [0.25, 0.3) is 0 Å². The Morgan fingerprint density at radius 1 is 1.14 bits per heavy atom. The van der Waals surface area contributed by atoms with Crippen LogP contribution in [0.2, 0.25) is 0 Å². The first-order chi connectivity index (χ1) is 9.95. The predicted molar refractivity (Wildman–Crippen MR) is 89.3 cm³/mol. The van der Waals surface area contributed by atoms with Gasteiger partial charge in [-0.1, -0.05) is 26.7 Å². The minimum absolute atomic E-state index is 0.361. The summed E-state index contributed by atoms with van der Waals surface area (Å²) in [6.45, 7) is 5.41. The van der Waals surface area contributed by atoms with Crippen LogP contribution in [-0.2, 0) is 4.79 Å². The fraction of sp³-hybridized carbons (Fsp3) is 0.588. The molecule has 0 bridgehead atoms. The van der Waals surface area contributed by atoms with Crippen LogP contribution in [0.3, 0.4) is 0 Å². The van der Waals surface area contributed by atoms with Gasteiger partial charge in [-0.2, -0.15) is 0 Å². The van der Waals surface area contributed by atoms with Gasteiger partial charge in [0.25, 0.3) is 0 Å². The zero-order valence-electron chi connectivity index (χ0n) is 13.7. The average molecular weight is 292 g/mol. The van der Waals surface area contributed by atoms with E-state index in [9.17, 15) is 4.79 Å². The molecule has 1 unspecified atom stereocenters. The highest BCUT2D eigenvalue weighted by Gasteiger charge is 2.16. The number of unbranched alkanes of at least 4 members (excludes halogenated alkanes) is 2. The maximum absolute atomic E-state index is 11.1. The molecule has 1 N–H and O–H groups in total.